The van der Waals surface area contributed by atoms with Crippen LogP contribution in [-0.2, 0) is 16.3 Å². The molecular weight excluding hydrogens is 537 g/mol. The number of amides is 1. The van der Waals surface area contributed by atoms with E-state index in [2.05, 4.69) is 22.4 Å². The summed E-state index contributed by atoms with van der Waals surface area (Å²) in [5.41, 5.74) is 3.72. The molecule has 1 aliphatic carbocycles. The highest BCUT2D eigenvalue weighted by Crippen LogP contribution is 2.59. The van der Waals surface area contributed by atoms with Crippen molar-refractivity contribution in [2.45, 2.75) is 24.4 Å². The van der Waals surface area contributed by atoms with Crippen molar-refractivity contribution in [1.82, 2.24) is 19.9 Å². The van der Waals surface area contributed by atoms with Crippen molar-refractivity contribution in [2.24, 2.45) is 5.92 Å². The summed E-state index contributed by atoms with van der Waals surface area (Å²) in [4.78, 5) is 25.3. The van der Waals surface area contributed by atoms with Crippen molar-refractivity contribution in [3.05, 3.63) is 89.6 Å². The second-order valence-electron chi connectivity index (χ2n) is 10.5. The quantitative estimate of drug-likeness (QED) is 0.298. The van der Waals surface area contributed by atoms with Gasteiger partial charge in [-0.2, -0.15) is 13.2 Å². The van der Waals surface area contributed by atoms with Crippen molar-refractivity contribution < 1.29 is 32.6 Å². The average molecular weight is 563 g/mol. The van der Waals surface area contributed by atoms with E-state index in [-0.39, 0.29) is 5.41 Å². The Hall–Kier alpha value is -4.67. The van der Waals surface area contributed by atoms with Gasteiger partial charge in [0, 0.05) is 24.1 Å². The van der Waals surface area contributed by atoms with Crippen molar-refractivity contribution in [3.63, 3.8) is 0 Å². The van der Waals surface area contributed by atoms with E-state index < -0.39 is 23.8 Å². The molecule has 3 aromatic carbocycles. The van der Waals surface area contributed by atoms with Crippen LogP contribution < -0.4 is 0 Å². The highest BCUT2D eigenvalue weighted by molar-refractivity contribution is 5.92. The molecule has 1 aromatic heterocycles. The number of hydrogen-bond acceptors (Lipinski definition) is 5. The molecule has 2 heterocycles. The zero-order valence-electron chi connectivity index (χ0n) is 21.9. The minimum absolute atomic E-state index is 0.0128. The molecular formula is C30H25F3N4O4. The number of ether oxygens (including phenoxy) is 1. The summed E-state index contributed by atoms with van der Waals surface area (Å²) < 4.78 is 45.2. The van der Waals surface area contributed by atoms with Gasteiger partial charge in [0.15, 0.2) is 0 Å². The third kappa shape index (κ3) is 4.92. The normalized spacial score (nSPS) is 19.9. The minimum atomic E-state index is -4.43. The molecule has 1 saturated heterocycles. The molecule has 0 spiro atoms. The summed E-state index contributed by atoms with van der Waals surface area (Å²) in [6.45, 7) is 1.07. The summed E-state index contributed by atoms with van der Waals surface area (Å²) >= 11 is 0. The Balaban J connectivity index is 1.29. The van der Waals surface area contributed by atoms with Crippen molar-refractivity contribution in [1.29, 1.82) is 0 Å². The number of piperidine rings is 1. The molecule has 41 heavy (non-hydrogen) atoms. The van der Waals surface area contributed by atoms with E-state index in [1.54, 1.807) is 18.3 Å². The third-order valence-corrected chi connectivity index (χ3v) is 8.17. The number of aromatic nitrogens is 3. The maximum absolute atomic E-state index is 12.9. The molecule has 0 radical (unpaired) electrons. The summed E-state index contributed by atoms with van der Waals surface area (Å²) in [6.07, 6.45) is -1.97. The topological polar surface area (TPSA) is 97.6 Å². The summed E-state index contributed by atoms with van der Waals surface area (Å²) in [5, 5.41) is 17.6. The van der Waals surface area contributed by atoms with Crippen molar-refractivity contribution in [2.75, 3.05) is 20.2 Å². The largest absolute Gasteiger partial charge is 0.465 e. The predicted molar refractivity (Wildman–Crippen MR) is 143 cm³/mol. The molecule has 1 amide bonds. The Bertz CT molecular complexity index is 1630. The highest BCUT2D eigenvalue weighted by Gasteiger charge is 2.58. The van der Waals surface area contributed by atoms with Gasteiger partial charge >= 0.3 is 18.2 Å². The van der Waals surface area contributed by atoms with Crippen LogP contribution >= 0.6 is 0 Å². The Labute approximate surface area is 233 Å². The van der Waals surface area contributed by atoms with Crippen LogP contribution in [0.25, 0.3) is 28.1 Å². The van der Waals surface area contributed by atoms with Crippen LogP contribution in [0.2, 0.25) is 0 Å². The monoisotopic (exact) mass is 562 g/mol. The molecule has 2 fully saturated rings. The van der Waals surface area contributed by atoms with Gasteiger partial charge in [0.1, 0.15) is 5.69 Å². The van der Waals surface area contributed by atoms with Gasteiger partial charge in [-0.1, -0.05) is 41.6 Å². The predicted octanol–water partition coefficient (Wildman–Crippen LogP) is 6.05. The van der Waals surface area contributed by atoms with Gasteiger partial charge in [0.2, 0.25) is 0 Å². The molecule has 2 atom stereocenters. The first-order chi connectivity index (χ1) is 19.6. The maximum atomic E-state index is 12.9. The number of carboxylic acid groups (broad SMARTS) is 1. The van der Waals surface area contributed by atoms with Crippen LogP contribution in [0.1, 0.15) is 34.3 Å². The molecule has 4 aromatic rings. The van der Waals surface area contributed by atoms with Crippen LogP contribution in [0, 0.1) is 5.92 Å². The van der Waals surface area contributed by atoms with Crippen LogP contribution in [-0.4, -0.2) is 57.3 Å². The van der Waals surface area contributed by atoms with Crippen LogP contribution in [0.15, 0.2) is 72.9 Å². The molecule has 8 nitrogen and oxygen atoms in total. The number of alkyl halides is 3. The first-order valence-corrected chi connectivity index (χ1v) is 13.0. The third-order valence-electron chi connectivity index (χ3n) is 8.17. The number of carbonyl (C=O) groups is 2. The van der Waals surface area contributed by atoms with Crippen molar-refractivity contribution >= 4 is 12.1 Å². The molecule has 1 saturated carbocycles. The second kappa shape index (κ2) is 9.76. The lowest BCUT2D eigenvalue weighted by molar-refractivity contribution is -0.137. The SMILES string of the molecule is COC(=O)c1cc(-c2ccc(C34CCN(C(=O)O)CC3C4)cc2)cc(-n2cc(-c3ccc(C(F)(F)F)cc3)nn2)c1. The standard InChI is InChI=1S/C30H25F3N4O4/c1-41-27(38)21-12-20(18-2-6-22(7-3-18)29-10-11-36(28(39)40)16-24(29)15-29)13-25(14-21)37-17-26(34-35-37)19-4-8-23(9-5-19)30(31,32)33/h2-9,12-14,17,24H,10-11,15-16H2,1H3,(H,39,40). The lowest BCUT2D eigenvalue weighted by Crippen LogP contribution is -2.39. The fourth-order valence-electron chi connectivity index (χ4n) is 5.78. The number of carbonyl (C=O) groups excluding carboxylic acids is 1. The van der Waals surface area contributed by atoms with Gasteiger partial charge in [-0.3, -0.25) is 0 Å². The van der Waals surface area contributed by atoms with Crippen molar-refractivity contribution in [3.8, 4) is 28.1 Å². The molecule has 6 rings (SSSR count). The van der Waals surface area contributed by atoms with E-state index in [0.717, 1.165) is 36.1 Å². The van der Waals surface area contributed by atoms with Gasteiger partial charge in [-0.05, 0) is 65.8 Å². The maximum Gasteiger partial charge on any atom is 0.416 e. The summed E-state index contributed by atoms with van der Waals surface area (Å²) in [6, 6.07) is 17.9. The Morgan fingerprint density at radius 2 is 1.71 bits per heavy atom. The van der Waals surface area contributed by atoms with Crippen LogP contribution in [0.3, 0.4) is 0 Å². The van der Waals surface area contributed by atoms with Gasteiger partial charge < -0.3 is 14.7 Å². The van der Waals surface area contributed by atoms with Gasteiger partial charge in [0.25, 0.3) is 0 Å². The molecule has 11 heteroatoms. The summed E-state index contributed by atoms with van der Waals surface area (Å²) in [5.74, 6) is -0.212. The number of halogens is 3. The number of fused-ring (bicyclic) bond motifs is 1. The van der Waals surface area contributed by atoms with Crippen LogP contribution in [0.4, 0.5) is 18.0 Å². The van der Waals surface area contributed by atoms with E-state index >= 15 is 0 Å². The molecule has 210 valence electrons. The van der Waals surface area contributed by atoms with E-state index in [1.807, 2.05) is 18.2 Å². The number of rotatable bonds is 5. The Morgan fingerprint density at radius 3 is 2.34 bits per heavy atom. The first kappa shape index (κ1) is 26.5. The van der Waals surface area contributed by atoms with Gasteiger partial charge in [0.05, 0.1) is 30.1 Å². The smallest absolute Gasteiger partial charge is 0.416 e. The number of hydrogen-bond donors (Lipinski definition) is 1. The van der Waals surface area contributed by atoms with Gasteiger partial charge in [-0.15, -0.1) is 5.10 Å². The minimum Gasteiger partial charge on any atom is -0.465 e. The van der Waals surface area contributed by atoms with Gasteiger partial charge in [-0.25, -0.2) is 14.3 Å². The molecule has 2 unspecified atom stereocenters. The Morgan fingerprint density at radius 1 is 1.00 bits per heavy atom. The first-order valence-electron chi connectivity index (χ1n) is 13.0. The number of esters is 1. The molecule has 0 bridgehead atoms. The zero-order valence-corrected chi connectivity index (χ0v) is 21.9. The van der Waals surface area contributed by atoms with E-state index in [0.29, 0.717) is 41.5 Å². The summed E-state index contributed by atoms with van der Waals surface area (Å²) in [7, 11) is 1.29. The number of likely N-dealkylation sites (tertiary alicyclic amines) is 1. The number of nitrogens with zero attached hydrogens (tertiary/aromatic N) is 4. The van der Waals surface area contributed by atoms with E-state index in [9.17, 15) is 27.9 Å². The highest BCUT2D eigenvalue weighted by atomic mass is 19.4. The van der Waals surface area contributed by atoms with E-state index in [1.165, 1.54) is 34.4 Å². The molecule has 2 aliphatic rings. The number of methoxy groups -OCH3 is 1. The molecule has 1 N–H and O–H groups in total. The fraction of sp³-hybridized carbons (Fsp3) is 0.267. The average Bonchev–Trinajstić information content (AvgIpc) is 3.52. The lowest BCUT2D eigenvalue weighted by Gasteiger charge is -2.30. The second-order valence-corrected chi connectivity index (χ2v) is 10.5. The van der Waals surface area contributed by atoms with Crippen LogP contribution in [0.5, 0.6) is 0 Å². The molecule has 1 aliphatic heterocycles. The van der Waals surface area contributed by atoms with E-state index in [4.69, 9.17) is 4.74 Å². The Kier molecular flexibility index (Phi) is 6.32. The fourth-order valence-corrected chi connectivity index (χ4v) is 5.78. The zero-order chi connectivity index (χ0) is 28.9. The number of benzene rings is 3. The lowest BCUT2D eigenvalue weighted by atomic mass is 9.86.